The molecule has 0 aromatic heterocycles. The summed E-state index contributed by atoms with van der Waals surface area (Å²) < 4.78 is 6.81. The standard InChI is InChI=1S/C5H12/c1-4-5(2)3/h5H,4H2,1-3H3/i2D/t5-/m0/s1. The Hall–Kier alpha value is 0. The minimum atomic E-state index is 0.580. The van der Waals surface area contributed by atoms with Crippen molar-refractivity contribution in [1.82, 2.24) is 0 Å². The highest BCUT2D eigenvalue weighted by Crippen LogP contribution is 1.93. The molecule has 0 aliphatic rings. The summed E-state index contributed by atoms with van der Waals surface area (Å²) in [5.74, 6) is 0.602. The van der Waals surface area contributed by atoms with Crippen LogP contribution in [0.15, 0.2) is 0 Å². The van der Waals surface area contributed by atoms with E-state index in [0.717, 1.165) is 6.42 Å². The highest BCUT2D eigenvalue weighted by Gasteiger charge is 1.80. The van der Waals surface area contributed by atoms with Crippen LogP contribution >= 0.6 is 0 Å². The Morgan fingerprint density at radius 3 is 2.60 bits per heavy atom. The fourth-order valence-electron chi connectivity index (χ4n) is 0. The normalized spacial score (nSPS) is 17.6. The molecule has 0 aliphatic carbocycles. The molecule has 0 aromatic carbocycles. The van der Waals surface area contributed by atoms with E-state index in [1.165, 1.54) is 0 Å². The summed E-state index contributed by atoms with van der Waals surface area (Å²) >= 11 is 0. The van der Waals surface area contributed by atoms with Crippen molar-refractivity contribution in [3.8, 4) is 0 Å². The van der Waals surface area contributed by atoms with E-state index in [1.54, 1.807) is 0 Å². The first-order valence-electron chi connectivity index (χ1n) is 2.81. The maximum Gasteiger partial charge on any atom is 0.0233 e. The first-order valence-corrected chi connectivity index (χ1v) is 2.10. The summed E-state index contributed by atoms with van der Waals surface area (Å²) in [6.45, 7) is 4.78. The third-order valence-electron chi connectivity index (χ3n) is 0.697. The van der Waals surface area contributed by atoms with Gasteiger partial charge in [0.15, 0.2) is 0 Å². The van der Waals surface area contributed by atoms with E-state index in [-0.39, 0.29) is 0 Å². The van der Waals surface area contributed by atoms with E-state index < -0.39 is 0 Å². The van der Waals surface area contributed by atoms with Gasteiger partial charge in [-0.25, -0.2) is 0 Å². The summed E-state index contributed by atoms with van der Waals surface area (Å²) in [4.78, 5) is 0. The van der Waals surface area contributed by atoms with Crippen LogP contribution in [0.4, 0.5) is 0 Å². The van der Waals surface area contributed by atoms with Gasteiger partial charge in [0.1, 0.15) is 0 Å². The summed E-state index contributed by atoms with van der Waals surface area (Å²) in [6.07, 6.45) is 1.14. The summed E-state index contributed by atoms with van der Waals surface area (Å²) in [7, 11) is 0. The van der Waals surface area contributed by atoms with Gasteiger partial charge in [-0.15, -0.1) is 0 Å². The van der Waals surface area contributed by atoms with Gasteiger partial charge >= 0.3 is 0 Å². The van der Waals surface area contributed by atoms with Crippen LogP contribution in [-0.4, -0.2) is 0 Å². The summed E-state index contributed by atoms with van der Waals surface area (Å²) in [5.41, 5.74) is 0. The molecule has 5 heavy (non-hydrogen) atoms. The molecule has 1 atom stereocenters. The SMILES string of the molecule is [2H]C[C@@H](C)CC. The van der Waals surface area contributed by atoms with E-state index >= 15 is 0 Å². The topological polar surface area (TPSA) is 0 Å². The second-order valence-corrected chi connectivity index (χ2v) is 1.51. The largest absolute Gasteiger partial charge is 0.0651 e. The van der Waals surface area contributed by atoms with Crippen molar-refractivity contribution in [3.63, 3.8) is 0 Å². The first kappa shape index (κ1) is 3.20. The van der Waals surface area contributed by atoms with Crippen molar-refractivity contribution in [3.05, 3.63) is 0 Å². The maximum absolute atomic E-state index is 6.81. The summed E-state index contributed by atoms with van der Waals surface area (Å²) in [6, 6.07) is 0. The molecular formula is C5H12. The van der Waals surface area contributed by atoms with Gasteiger partial charge in [-0.1, -0.05) is 27.2 Å². The molecule has 0 N–H and O–H groups in total. The molecule has 32 valence electrons. The van der Waals surface area contributed by atoms with Crippen LogP contribution < -0.4 is 0 Å². The van der Waals surface area contributed by atoms with Gasteiger partial charge < -0.3 is 0 Å². The zero-order chi connectivity index (χ0) is 4.99. The molecule has 0 fully saturated rings. The second-order valence-electron chi connectivity index (χ2n) is 1.51. The second kappa shape index (κ2) is 2.25. The predicted molar refractivity (Wildman–Crippen MR) is 25.1 cm³/mol. The van der Waals surface area contributed by atoms with Gasteiger partial charge in [0.25, 0.3) is 0 Å². The average molecular weight is 73.2 g/mol. The zero-order valence-corrected chi connectivity index (χ0v) is 3.99. The first-order chi connectivity index (χ1) is 2.81. The molecule has 0 heterocycles. The van der Waals surface area contributed by atoms with E-state index in [4.69, 9.17) is 1.37 Å². The monoisotopic (exact) mass is 73.1 g/mol. The Morgan fingerprint density at radius 1 is 2.00 bits per heavy atom. The van der Waals surface area contributed by atoms with Crippen molar-refractivity contribution >= 4 is 0 Å². The minimum Gasteiger partial charge on any atom is -0.0651 e. The predicted octanol–water partition coefficient (Wildman–Crippen LogP) is 2.05. The lowest BCUT2D eigenvalue weighted by Gasteiger charge is -1.90. The third kappa shape index (κ3) is 4.00. The molecule has 0 spiro atoms. The number of hydrogen-bond acceptors (Lipinski definition) is 0. The van der Waals surface area contributed by atoms with Crippen LogP contribution in [0.25, 0.3) is 0 Å². The Bertz CT molecular complexity index is 23.1. The van der Waals surface area contributed by atoms with Gasteiger partial charge in [0.2, 0.25) is 0 Å². The van der Waals surface area contributed by atoms with Gasteiger partial charge in [-0.3, -0.25) is 0 Å². The van der Waals surface area contributed by atoms with Gasteiger partial charge in [0.05, 0.1) is 0 Å². The third-order valence-corrected chi connectivity index (χ3v) is 0.697. The van der Waals surface area contributed by atoms with Crippen molar-refractivity contribution < 1.29 is 1.37 Å². The lowest BCUT2D eigenvalue weighted by atomic mass is 10.2. The summed E-state index contributed by atoms with van der Waals surface area (Å²) in [5, 5.41) is 0. The quantitative estimate of drug-likeness (QED) is 0.445. The van der Waals surface area contributed by atoms with Crippen molar-refractivity contribution in [2.24, 2.45) is 5.92 Å². The van der Waals surface area contributed by atoms with Gasteiger partial charge in [0, 0.05) is 1.37 Å². The maximum atomic E-state index is 6.81. The molecule has 0 aromatic rings. The highest BCUT2D eigenvalue weighted by molar-refractivity contribution is 4.32. The lowest BCUT2D eigenvalue weighted by Crippen LogP contribution is -1.77. The highest BCUT2D eigenvalue weighted by atomic mass is 13.9. The molecule has 0 bridgehead atoms. The minimum absolute atomic E-state index is 0.580. The Balaban J connectivity index is 2.75. The smallest absolute Gasteiger partial charge is 0.0233 e. The van der Waals surface area contributed by atoms with Crippen molar-refractivity contribution in [1.29, 1.82) is 0 Å². The average Bonchev–Trinajstić information content (AvgIpc) is 1.65. The molecule has 0 saturated heterocycles. The lowest BCUT2D eigenvalue weighted by molar-refractivity contribution is 0.626. The van der Waals surface area contributed by atoms with Gasteiger partial charge in [-0.05, 0) is 5.92 Å². The van der Waals surface area contributed by atoms with Crippen LogP contribution in [0.1, 0.15) is 28.5 Å². The molecular weight excluding hydrogens is 60.1 g/mol. The van der Waals surface area contributed by atoms with E-state index in [1.807, 2.05) is 0 Å². The fourth-order valence-corrected chi connectivity index (χ4v) is 0. The Labute approximate surface area is 35.6 Å². The molecule has 0 radical (unpaired) electrons. The van der Waals surface area contributed by atoms with Crippen molar-refractivity contribution in [2.45, 2.75) is 27.2 Å². The Morgan fingerprint density at radius 2 is 2.60 bits per heavy atom. The van der Waals surface area contributed by atoms with E-state index in [9.17, 15) is 0 Å². The van der Waals surface area contributed by atoms with Crippen LogP contribution in [0, 0.1) is 5.92 Å². The molecule has 0 rings (SSSR count). The fraction of sp³-hybridized carbons (Fsp3) is 1.00. The molecule has 0 heteroatoms. The van der Waals surface area contributed by atoms with Crippen LogP contribution in [0.3, 0.4) is 0 Å². The zero-order valence-electron chi connectivity index (χ0n) is 4.99. The van der Waals surface area contributed by atoms with Crippen LogP contribution in [-0.2, 0) is 0 Å². The molecule has 0 aliphatic heterocycles. The van der Waals surface area contributed by atoms with Crippen molar-refractivity contribution in [2.75, 3.05) is 0 Å². The van der Waals surface area contributed by atoms with Crippen LogP contribution in [0.5, 0.6) is 0 Å². The van der Waals surface area contributed by atoms with E-state index in [2.05, 4.69) is 13.8 Å². The molecule has 0 nitrogen and oxygen atoms in total. The van der Waals surface area contributed by atoms with E-state index in [0.29, 0.717) is 12.8 Å². The number of hydrogen-bond donors (Lipinski definition) is 0. The van der Waals surface area contributed by atoms with Crippen LogP contribution in [0.2, 0.25) is 0 Å². The molecule has 0 saturated carbocycles. The van der Waals surface area contributed by atoms with Gasteiger partial charge in [-0.2, -0.15) is 0 Å². The molecule has 0 unspecified atom stereocenters. The molecule has 0 amide bonds. The number of rotatable bonds is 1. The Kier molecular flexibility index (Phi) is 1.44.